The molecule has 0 radical (unpaired) electrons. The van der Waals surface area contributed by atoms with Crippen molar-refractivity contribution in [2.24, 2.45) is 0 Å². The molecule has 0 aliphatic heterocycles. The van der Waals surface area contributed by atoms with Crippen molar-refractivity contribution in [3.8, 4) is 0 Å². The Hall–Kier alpha value is -2.26. The second-order valence-electron chi connectivity index (χ2n) is 7.71. The Balaban J connectivity index is 2.43. The third-order valence-electron chi connectivity index (χ3n) is 4.18. The van der Waals surface area contributed by atoms with E-state index in [0.29, 0.717) is 5.56 Å². The summed E-state index contributed by atoms with van der Waals surface area (Å²) in [6.45, 7) is 5.17. The molecule has 0 saturated carbocycles. The number of ether oxygens (including phenoxy) is 1. The van der Waals surface area contributed by atoms with Gasteiger partial charge in [0.15, 0.2) is 0 Å². The lowest BCUT2D eigenvalue weighted by atomic mass is 9.94. The largest absolute Gasteiger partial charge is 0.460 e. The van der Waals surface area contributed by atoms with Crippen LogP contribution in [-0.4, -0.2) is 28.4 Å². The lowest BCUT2D eigenvalue weighted by Gasteiger charge is -2.20. The van der Waals surface area contributed by atoms with Crippen LogP contribution in [0.5, 0.6) is 0 Å². The summed E-state index contributed by atoms with van der Waals surface area (Å²) in [6, 6.07) is 1.14. The normalized spacial score (nSPS) is 16.5. The maximum Gasteiger partial charge on any atom is 0.306 e. The summed E-state index contributed by atoms with van der Waals surface area (Å²) >= 11 is 9.18. The van der Waals surface area contributed by atoms with Crippen LogP contribution in [-0.2, 0) is 16.0 Å². The fourth-order valence-corrected chi connectivity index (χ4v) is 3.75. The number of ketones is 1. The number of halogens is 3. The molecule has 0 saturated heterocycles. The van der Waals surface area contributed by atoms with Crippen LogP contribution in [0.2, 0.25) is 0 Å². The van der Waals surface area contributed by atoms with Gasteiger partial charge in [-0.3, -0.25) is 19.7 Å². The lowest BCUT2D eigenvalue weighted by Crippen LogP contribution is -2.24. The highest BCUT2D eigenvalue weighted by atomic mass is 79.9. The van der Waals surface area contributed by atoms with E-state index < -0.39 is 34.1 Å². The molecule has 0 spiro atoms. The number of benzene rings is 1. The van der Waals surface area contributed by atoms with Gasteiger partial charge in [0.05, 0.1) is 15.1 Å². The molecule has 0 amide bonds. The van der Waals surface area contributed by atoms with Crippen molar-refractivity contribution in [2.75, 3.05) is 5.73 Å². The SMILES string of the molecule is CC(C)(C)OC(=O)CCc1cc([N+](=O)[O-])c(C(=O)C2=CC(F)CC=C2Cl)c(Br)c1N. The van der Waals surface area contributed by atoms with E-state index in [-0.39, 0.29) is 45.6 Å². The fourth-order valence-electron chi connectivity index (χ4n) is 2.87. The van der Waals surface area contributed by atoms with E-state index in [4.69, 9.17) is 22.1 Å². The van der Waals surface area contributed by atoms with Crippen LogP contribution in [0.25, 0.3) is 0 Å². The van der Waals surface area contributed by atoms with Gasteiger partial charge in [-0.15, -0.1) is 0 Å². The van der Waals surface area contributed by atoms with E-state index in [1.165, 1.54) is 6.08 Å². The second kappa shape index (κ2) is 9.26. The topological polar surface area (TPSA) is 113 Å². The van der Waals surface area contributed by atoms with Gasteiger partial charge < -0.3 is 10.5 Å². The van der Waals surface area contributed by atoms with Crippen molar-refractivity contribution in [3.63, 3.8) is 0 Å². The molecule has 2 rings (SSSR count). The van der Waals surface area contributed by atoms with Crippen LogP contribution in [0, 0.1) is 10.1 Å². The predicted molar refractivity (Wildman–Crippen MR) is 115 cm³/mol. The van der Waals surface area contributed by atoms with Crippen molar-refractivity contribution < 1.29 is 23.6 Å². The summed E-state index contributed by atoms with van der Waals surface area (Å²) in [5.74, 6) is -1.30. The van der Waals surface area contributed by atoms with Gasteiger partial charge in [0.25, 0.3) is 5.69 Å². The van der Waals surface area contributed by atoms with Gasteiger partial charge >= 0.3 is 5.97 Å². The summed E-state index contributed by atoms with van der Waals surface area (Å²) < 4.78 is 19.0. The Morgan fingerprint density at radius 1 is 1.43 bits per heavy atom. The Morgan fingerprint density at radius 2 is 2.07 bits per heavy atom. The molecule has 1 aliphatic rings. The minimum absolute atomic E-state index is 0.00719. The number of carbonyl (C=O) groups excluding carboxylic acids is 2. The number of rotatable bonds is 6. The molecule has 0 heterocycles. The quantitative estimate of drug-likeness (QED) is 0.188. The van der Waals surface area contributed by atoms with Gasteiger partial charge in [0.2, 0.25) is 5.78 Å². The molecule has 7 nitrogen and oxygen atoms in total. The van der Waals surface area contributed by atoms with Crippen LogP contribution in [0.4, 0.5) is 15.8 Å². The molecule has 2 N–H and O–H groups in total. The minimum Gasteiger partial charge on any atom is -0.460 e. The van der Waals surface area contributed by atoms with Crippen molar-refractivity contribution in [3.05, 3.63) is 54.5 Å². The van der Waals surface area contributed by atoms with Gasteiger partial charge in [-0.25, -0.2) is 4.39 Å². The molecule has 1 atom stereocenters. The molecule has 1 aromatic carbocycles. The monoisotopic (exact) mass is 502 g/mol. The van der Waals surface area contributed by atoms with Crippen LogP contribution >= 0.6 is 27.5 Å². The minimum atomic E-state index is -1.42. The number of nitrogens with zero attached hydrogens (tertiary/aromatic N) is 1. The number of carbonyl (C=O) groups is 2. The average Bonchev–Trinajstić information content (AvgIpc) is 2.62. The third-order valence-corrected chi connectivity index (χ3v) is 5.36. The number of alkyl halides is 1. The van der Waals surface area contributed by atoms with Crippen LogP contribution < -0.4 is 5.73 Å². The second-order valence-corrected chi connectivity index (χ2v) is 8.91. The number of nitro groups is 1. The number of Topliss-reactive ketones (excluding diaryl/α,β-unsaturated/α-hetero) is 1. The van der Waals surface area contributed by atoms with Crippen molar-refractivity contribution >= 4 is 50.7 Å². The van der Waals surface area contributed by atoms with Gasteiger partial charge in [0, 0.05) is 29.5 Å². The molecule has 162 valence electrons. The molecule has 1 aromatic rings. The van der Waals surface area contributed by atoms with Crippen molar-refractivity contribution in [2.45, 2.75) is 51.8 Å². The number of hydrogen-bond donors (Lipinski definition) is 1. The van der Waals surface area contributed by atoms with E-state index in [0.717, 1.165) is 12.1 Å². The summed E-state index contributed by atoms with van der Waals surface area (Å²) in [5, 5.41) is 11.7. The van der Waals surface area contributed by atoms with E-state index in [2.05, 4.69) is 15.9 Å². The van der Waals surface area contributed by atoms with E-state index in [1.807, 2.05) is 0 Å². The molecule has 10 heteroatoms. The first-order chi connectivity index (χ1) is 13.8. The number of nitrogens with two attached hydrogens (primary N) is 1. The molecule has 0 bridgehead atoms. The van der Waals surface area contributed by atoms with Gasteiger partial charge in [-0.2, -0.15) is 0 Å². The number of anilines is 1. The first-order valence-electron chi connectivity index (χ1n) is 9.05. The Bertz CT molecular complexity index is 969. The summed E-state index contributed by atoms with van der Waals surface area (Å²) in [7, 11) is 0. The number of nitrogen functional groups attached to an aromatic ring is 1. The van der Waals surface area contributed by atoms with Crippen LogP contribution in [0.15, 0.2) is 33.3 Å². The number of esters is 1. The van der Waals surface area contributed by atoms with Crippen molar-refractivity contribution in [1.29, 1.82) is 0 Å². The molecule has 0 fully saturated rings. The number of nitro benzene ring substituents is 1. The van der Waals surface area contributed by atoms with Crippen LogP contribution in [0.3, 0.4) is 0 Å². The van der Waals surface area contributed by atoms with E-state index in [9.17, 15) is 24.1 Å². The van der Waals surface area contributed by atoms with E-state index in [1.54, 1.807) is 20.8 Å². The highest BCUT2D eigenvalue weighted by molar-refractivity contribution is 9.10. The standard InChI is InChI=1S/C20H21BrClFN2O5/c1-20(2,3)30-15(26)7-4-10-8-14(25(28)29)16(17(21)18(10)24)19(27)12-9-11(23)5-6-13(12)22/h6,8-9,11H,4-5,7,24H2,1-3H3. The zero-order chi connectivity index (χ0) is 22.8. The molecular weight excluding hydrogens is 483 g/mol. The Labute approximate surface area is 186 Å². The summed E-state index contributed by atoms with van der Waals surface area (Å²) in [4.78, 5) is 35.9. The summed E-state index contributed by atoms with van der Waals surface area (Å²) in [5.41, 5.74) is 4.77. The third kappa shape index (κ3) is 5.66. The molecule has 0 aromatic heterocycles. The maximum atomic E-state index is 13.7. The maximum absolute atomic E-state index is 13.7. The molecule has 30 heavy (non-hydrogen) atoms. The first kappa shape index (κ1) is 24.0. The van der Waals surface area contributed by atoms with Gasteiger partial charge in [0.1, 0.15) is 17.3 Å². The Kier molecular flexibility index (Phi) is 7.41. The zero-order valence-corrected chi connectivity index (χ0v) is 19.0. The summed E-state index contributed by atoms with van der Waals surface area (Å²) in [6.07, 6.45) is 0.997. The van der Waals surface area contributed by atoms with Gasteiger partial charge in [-0.05, 0) is 54.8 Å². The van der Waals surface area contributed by atoms with E-state index >= 15 is 0 Å². The predicted octanol–water partition coefficient (Wildman–Crippen LogP) is 5.19. The lowest BCUT2D eigenvalue weighted by molar-refractivity contribution is -0.385. The highest BCUT2D eigenvalue weighted by Gasteiger charge is 2.31. The smallest absolute Gasteiger partial charge is 0.306 e. The molecule has 1 unspecified atom stereocenters. The van der Waals surface area contributed by atoms with Crippen LogP contribution in [0.1, 0.15) is 49.5 Å². The highest BCUT2D eigenvalue weighted by Crippen LogP contribution is 2.39. The fraction of sp³-hybridized carbons (Fsp3) is 0.400. The number of allylic oxidation sites excluding steroid dienone is 4. The molecule has 1 aliphatic carbocycles. The zero-order valence-electron chi connectivity index (χ0n) is 16.6. The number of aryl methyl sites for hydroxylation is 1. The average molecular weight is 504 g/mol. The van der Waals surface area contributed by atoms with Gasteiger partial charge in [-0.1, -0.05) is 17.7 Å². The molecular formula is C20H21BrClFN2O5. The Morgan fingerprint density at radius 3 is 2.63 bits per heavy atom. The first-order valence-corrected chi connectivity index (χ1v) is 10.2. The van der Waals surface area contributed by atoms with Crippen molar-refractivity contribution in [1.82, 2.24) is 0 Å². The number of hydrogen-bond acceptors (Lipinski definition) is 6.